The predicted molar refractivity (Wildman–Crippen MR) is 127 cm³/mol. The van der Waals surface area contributed by atoms with Crippen LogP contribution in [0.4, 0.5) is 0 Å². The first-order chi connectivity index (χ1) is 16.1. The number of carbonyl (C=O) groups is 1. The Kier molecular flexibility index (Phi) is 5.92. The van der Waals surface area contributed by atoms with Gasteiger partial charge in [-0.2, -0.15) is 4.80 Å². The van der Waals surface area contributed by atoms with Crippen LogP contribution >= 0.6 is 11.6 Å². The fraction of sp³-hybridized carbons (Fsp3) is 0.231. The number of amides is 1. The molecule has 1 aliphatic rings. The molecule has 166 valence electrons. The highest BCUT2D eigenvalue weighted by molar-refractivity contribution is 6.30. The Hall–Kier alpha value is -3.51. The normalized spacial score (nSPS) is 15.4. The first-order valence-electron chi connectivity index (χ1n) is 11.1. The minimum Gasteiger partial charge on any atom is -0.339 e. The first-order valence-corrected chi connectivity index (χ1v) is 11.4. The molecule has 1 aliphatic heterocycles. The molecule has 5 rings (SSSR count). The lowest BCUT2D eigenvalue weighted by Crippen LogP contribution is -2.46. The number of rotatable bonds is 5. The number of benzene rings is 3. The third-order valence-electron chi connectivity index (χ3n) is 6.37. The molecule has 7 heteroatoms. The van der Waals surface area contributed by atoms with Crippen LogP contribution in [0, 0.1) is 0 Å². The van der Waals surface area contributed by atoms with Crippen molar-refractivity contribution in [3.05, 3.63) is 112 Å². The molecular formula is C26H24ClN5O. The first kappa shape index (κ1) is 21.3. The van der Waals surface area contributed by atoms with Crippen LogP contribution < -0.4 is 0 Å². The summed E-state index contributed by atoms with van der Waals surface area (Å²) >= 11 is 6.00. The van der Waals surface area contributed by atoms with Crippen LogP contribution in [0.25, 0.3) is 0 Å². The lowest BCUT2D eigenvalue weighted by atomic mass is 9.72. The summed E-state index contributed by atoms with van der Waals surface area (Å²) in [5.41, 5.74) is 2.55. The van der Waals surface area contributed by atoms with Gasteiger partial charge in [-0.15, -0.1) is 10.2 Å². The number of piperidine rings is 1. The molecule has 1 aromatic heterocycles. The van der Waals surface area contributed by atoms with Gasteiger partial charge in [-0.3, -0.25) is 4.79 Å². The van der Waals surface area contributed by atoms with E-state index in [1.54, 1.807) is 4.80 Å². The molecule has 3 aromatic carbocycles. The van der Waals surface area contributed by atoms with Crippen molar-refractivity contribution in [3.63, 3.8) is 0 Å². The van der Waals surface area contributed by atoms with E-state index in [-0.39, 0.29) is 11.3 Å². The van der Waals surface area contributed by atoms with E-state index in [4.69, 9.17) is 16.7 Å². The molecule has 0 radical (unpaired) electrons. The Bertz CT molecular complexity index is 1220. The fourth-order valence-corrected chi connectivity index (χ4v) is 4.63. The Morgan fingerprint density at radius 1 is 0.879 bits per heavy atom. The molecule has 0 saturated carbocycles. The topological polar surface area (TPSA) is 63.9 Å². The molecule has 4 aromatic rings. The molecule has 33 heavy (non-hydrogen) atoms. The van der Waals surface area contributed by atoms with Gasteiger partial charge in [0.2, 0.25) is 0 Å². The van der Waals surface area contributed by atoms with Gasteiger partial charge in [-0.25, -0.2) is 0 Å². The second-order valence-corrected chi connectivity index (χ2v) is 8.81. The van der Waals surface area contributed by atoms with Crippen LogP contribution in [0.2, 0.25) is 5.02 Å². The number of aromatic nitrogens is 4. The molecule has 6 nitrogen and oxygen atoms in total. The van der Waals surface area contributed by atoms with Gasteiger partial charge in [0, 0.05) is 23.7 Å². The second kappa shape index (κ2) is 9.16. The Balaban J connectivity index is 1.40. The molecule has 2 heterocycles. The van der Waals surface area contributed by atoms with E-state index in [1.165, 1.54) is 0 Å². The molecule has 1 amide bonds. The second-order valence-electron chi connectivity index (χ2n) is 8.38. The van der Waals surface area contributed by atoms with E-state index in [9.17, 15) is 4.79 Å². The number of likely N-dealkylation sites (tertiary alicyclic amines) is 1. The summed E-state index contributed by atoms with van der Waals surface area (Å²) in [5, 5.41) is 14.3. The minimum absolute atomic E-state index is 0.0663. The van der Waals surface area contributed by atoms with E-state index in [0.29, 0.717) is 30.5 Å². The average Bonchev–Trinajstić information content (AvgIpc) is 3.35. The monoisotopic (exact) mass is 457 g/mol. The summed E-state index contributed by atoms with van der Waals surface area (Å²) in [7, 11) is 0. The number of hydrogen-bond donors (Lipinski definition) is 0. The van der Waals surface area contributed by atoms with Gasteiger partial charge in [-0.1, -0.05) is 72.3 Å². The van der Waals surface area contributed by atoms with E-state index >= 15 is 0 Å². The van der Waals surface area contributed by atoms with E-state index in [0.717, 1.165) is 29.5 Å². The van der Waals surface area contributed by atoms with Crippen LogP contribution in [0.3, 0.4) is 0 Å². The third-order valence-corrected chi connectivity index (χ3v) is 6.62. The van der Waals surface area contributed by atoms with Crippen molar-refractivity contribution in [1.29, 1.82) is 0 Å². The van der Waals surface area contributed by atoms with Crippen LogP contribution in [0.5, 0.6) is 0 Å². The van der Waals surface area contributed by atoms with E-state index < -0.39 is 0 Å². The van der Waals surface area contributed by atoms with E-state index in [2.05, 4.69) is 22.4 Å². The van der Waals surface area contributed by atoms with Crippen molar-refractivity contribution in [1.82, 2.24) is 25.1 Å². The summed E-state index contributed by atoms with van der Waals surface area (Å²) in [4.78, 5) is 16.5. The number of tetrazole rings is 1. The van der Waals surface area contributed by atoms with Crippen molar-refractivity contribution in [2.75, 3.05) is 13.1 Å². The average molecular weight is 458 g/mol. The molecular weight excluding hydrogens is 434 g/mol. The molecule has 0 N–H and O–H groups in total. The van der Waals surface area contributed by atoms with Gasteiger partial charge in [0.05, 0.1) is 12.0 Å². The largest absolute Gasteiger partial charge is 0.339 e. The van der Waals surface area contributed by atoms with Crippen LogP contribution in [-0.2, 0) is 12.0 Å². The van der Waals surface area contributed by atoms with Gasteiger partial charge in [-0.05, 0) is 53.4 Å². The molecule has 0 bridgehead atoms. The van der Waals surface area contributed by atoms with Crippen molar-refractivity contribution < 1.29 is 4.79 Å². The highest BCUT2D eigenvalue weighted by atomic mass is 35.5. The van der Waals surface area contributed by atoms with Crippen LogP contribution in [0.15, 0.2) is 84.9 Å². The zero-order chi connectivity index (χ0) is 22.7. The summed E-state index contributed by atoms with van der Waals surface area (Å²) in [5.74, 6) is 0.770. The maximum atomic E-state index is 13.0. The van der Waals surface area contributed by atoms with Crippen molar-refractivity contribution in [3.8, 4) is 0 Å². The van der Waals surface area contributed by atoms with Gasteiger partial charge in [0.1, 0.15) is 0 Å². The smallest absolute Gasteiger partial charge is 0.253 e. The number of carbonyl (C=O) groups excluding carboxylic acids is 1. The fourth-order valence-electron chi connectivity index (χ4n) is 4.51. The number of hydrogen-bond acceptors (Lipinski definition) is 4. The molecule has 0 aliphatic carbocycles. The Morgan fingerprint density at radius 2 is 1.52 bits per heavy atom. The predicted octanol–water partition coefficient (Wildman–Crippen LogP) is 4.60. The number of halogens is 1. The maximum Gasteiger partial charge on any atom is 0.253 e. The zero-order valence-electron chi connectivity index (χ0n) is 18.1. The maximum absolute atomic E-state index is 13.0. The highest BCUT2D eigenvalue weighted by Gasteiger charge is 2.42. The molecule has 0 atom stereocenters. The highest BCUT2D eigenvalue weighted by Crippen LogP contribution is 2.40. The molecule has 1 fully saturated rings. The Labute approximate surface area is 197 Å². The van der Waals surface area contributed by atoms with Gasteiger partial charge >= 0.3 is 0 Å². The lowest BCUT2D eigenvalue weighted by molar-refractivity contribution is 0.0681. The van der Waals surface area contributed by atoms with Crippen molar-refractivity contribution in [2.24, 2.45) is 0 Å². The third kappa shape index (κ3) is 4.39. The Morgan fingerprint density at radius 3 is 2.18 bits per heavy atom. The SMILES string of the molecule is O=C(c1ccccc1)N1CCC(c2ccccc2)(c2nnn(Cc3ccc(Cl)cc3)n2)CC1. The van der Waals surface area contributed by atoms with Crippen molar-refractivity contribution in [2.45, 2.75) is 24.8 Å². The summed E-state index contributed by atoms with van der Waals surface area (Å²) in [6, 6.07) is 27.4. The minimum atomic E-state index is -0.382. The van der Waals surface area contributed by atoms with Crippen molar-refractivity contribution >= 4 is 17.5 Å². The summed E-state index contributed by atoms with van der Waals surface area (Å²) in [6.45, 7) is 1.79. The summed E-state index contributed by atoms with van der Waals surface area (Å²) in [6.07, 6.45) is 1.48. The molecule has 0 spiro atoms. The number of nitrogens with zero attached hydrogens (tertiary/aromatic N) is 5. The lowest BCUT2D eigenvalue weighted by Gasteiger charge is -2.40. The standard InChI is InChI=1S/C26H24ClN5O/c27-23-13-11-20(12-14-23)19-32-29-25(28-30-32)26(22-9-5-2-6-10-22)15-17-31(18-16-26)24(33)21-7-3-1-4-8-21/h1-14H,15-19H2. The van der Waals surface area contributed by atoms with Gasteiger partial charge < -0.3 is 4.90 Å². The quantitative estimate of drug-likeness (QED) is 0.439. The zero-order valence-corrected chi connectivity index (χ0v) is 18.9. The van der Waals surface area contributed by atoms with E-state index in [1.807, 2.05) is 77.7 Å². The van der Waals surface area contributed by atoms with Crippen LogP contribution in [0.1, 0.15) is 40.2 Å². The molecule has 1 saturated heterocycles. The molecule has 0 unspecified atom stereocenters. The summed E-state index contributed by atoms with van der Waals surface area (Å²) < 4.78 is 0. The van der Waals surface area contributed by atoms with Gasteiger partial charge in [0.25, 0.3) is 5.91 Å². The van der Waals surface area contributed by atoms with Crippen LogP contribution in [-0.4, -0.2) is 44.1 Å². The van der Waals surface area contributed by atoms with Gasteiger partial charge in [0.15, 0.2) is 5.82 Å².